The fraction of sp³-hybridized carbons (Fsp3) is 0.500. The van der Waals surface area contributed by atoms with Crippen molar-refractivity contribution in [2.24, 2.45) is 0 Å². The number of rotatable bonds is 7. The summed E-state index contributed by atoms with van der Waals surface area (Å²) in [5.74, 6) is -0.531. The SMILES string of the molecule is CNCCCNS(=O)(=O)c1csc(C(=O)OC)c1. The van der Waals surface area contributed by atoms with Crippen LogP contribution in [-0.2, 0) is 14.8 Å². The zero-order chi connectivity index (χ0) is 13.6. The summed E-state index contributed by atoms with van der Waals surface area (Å²) in [7, 11) is -0.479. The van der Waals surface area contributed by atoms with E-state index in [1.807, 2.05) is 0 Å². The molecule has 0 amide bonds. The van der Waals surface area contributed by atoms with Crippen LogP contribution in [0.5, 0.6) is 0 Å². The molecule has 0 atom stereocenters. The summed E-state index contributed by atoms with van der Waals surface area (Å²) >= 11 is 1.05. The zero-order valence-electron chi connectivity index (χ0n) is 10.2. The molecule has 0 fully saturated rings. The standard InChI is InChI=1S/C10H16N2O4S2/c1-11-4-3-5-12-18(14,15)8-6-9(17-7-8)10(13)16-2/h6-7,11-12H,3-5H2,1-2H3. The Bertz CT molecular complexity index is 496. The van der Waals surface area contributed by atoms with Crippen molar-refractivity contribution in [1.29, 1.82) is 0 Å². The van der Waals surface area contributed by atoms with Crippen molar-refractivity contribution in [3.05, 3.63) is 16.3 Å². The van der Waals surface area contributed by atoms with E-state index in [2.05, 4.69) is 14.8 Å². The van der Waals surface area contributed by atoms with Crippen molar-refractivity contribution in [1.82, 2.24) is 10.0 Å². The minimum absolute atomic E-state index is 0.0948. The second-order valence-electron chi connectivity index (χ2n) is 3.49. The third kappa shape index (κ3) is 4.05. The first-order chi connectivity index (χ1) is 8.51. The average Bonchev–Trinajstić information content (AvgIpc) is 2.84. The molecule has 0 bridgehead atoms. The van der Waals surface area contributed by atoms with Gasteiger partial charge >= 0.3 is 5.97 Å². The first-order valence-electron chi connectivity index (χ1n) is 5.32. The molecule has 8 heteroatoms. The Labute approximate surface area is 110 Å². The van der Waals surface area contributed by atoms with Crippen LogP contribution in [0.4, 0.5) is 0 Å². The summed E-state index contributed by atoms with van der Waals surface area (Å²) in [6.07, 6.45) is 0.698. The average molecular weight is 292 g/mol. The van der Waals surface area contributed by atoms with Crippen molar-refractivity contribution in [2.45, 2.75) is 11.3 Å². The lowest BCUT2D eigenvalue weighted by atomic mass is 10.4. The first kappa shape index (κ1) is 15.1. The third-order valence-corrected chi connectivity index (χ3v) is 4.67. The number of nitrogens with one attached hydrogen (secondary N) is 2. The molecule has 6 nitrogen and oxygen atoms in total. The lowest BCUT2D eigenvalue weighted by molar-refractivity contribution is 0.0606. The summed E-state index contributed by atoms with van der Waals surface area (Å²) in [6, 6.07) is 1.32. The summed E-state index contributed by atoms with van der Waals surface area (Å²) in [5, 5.41) is 4.35. The molecule has 18 heavy (non-hydrogen) atoms. The van der Waals surface area contributed by atoms with Crippen LogP contribution in [0.3, 0.4) is 0 Å². The highest BCUT2D eigenvalue weighted by atomic mass is 32.2. The van der Waals surface area contributed by atoms with Crippen LogP contribution in [0, 0.1) is 0 Å². The molecule has 0 saturated heterocycles. The third-order valence-electron chi connectivity index (χ3n) is 2.17. The maximum absolute atomic E-state index is 11.8. The molecule has 2 N–H and O–H groups in total. The number of hydrogen-bond acceptors (Lipinski definition) is 6. The van der Waals surface area contributed by atoms with Gasteiger partial charge in [-0.25, -0.2) is 17.9 Å². The van der Waals surface area contributed by atoms with Crippen molar-refractivity contribution in [3.8, 4) is 0 Å². The van der Waals surface area contributed by atoms with Gasteiger partial charge in [0.15, 0.2) is 0 Å². The van der Waals surface area contributed by atoms with E-state index in [1.165, 1.54) is 18.6 Å². The Morgan fingerprint density at radius 3 is 2.78 bits per heavy atom. The molecule has 1 aromatic rings. The highest BCUT2D eigenvalue weighted by molar-refractivity contribution is 7.89. The van der Waals surface area contributed by atoms with Crippen molar-refractivity contribution >= 4 is 27.3 Å². The Morgan fingerprint density at radius 1 is 1.44 bits per heavy atom. The maximum atomic E-state index is 11.8. The van der Waals surface area contributed by atoms with E-state index >= 15 is 0 Å². The predicted molar refractivity (Wildman–Crippen MR) is 69.4 cm³/mol. The van der Waals surface area contributed by atoms with Gasteiger partial charge in [0.2, 0.25) is 10.0 Å². The van der Waals surface area contributed by atoms with E-state index in [0.717, 1.165) is 17.9 Å². The molecule has 1 rings (SSSR count). The molecule has 1 heterocycles. The van der Waals surface area contributed by atoms with Gasteiger partial charge < -0.3 is 10.1 Å². The monoisotopic (exact) mass is 292 g/mol. The van der Waals surface area contributed by atoms with Crippen molar-refractivity contribution in [2.75, 3.05) is 27.2 Å². The summed E-state index contributed by atoms with van der Waals surface area (Å²) in [5.41, 5.74) is 0. The number of thiophene rings is 1. The normalized spacial score (nSPS) is 11.4. The fourth-order valence-electron chi connectivity index (χ4n) is 1.22. The van der Waals surface area contributed by atoms with Crippen molar-refractivity contribution in [3.63, 3.8) is 0 Å². The minimum atomic E-state index is -3.54. The number of methoxy groups -OCH3 is 1. The summed E-state index contributed by atoms with van der Waals surface area (Å²) in [4.78, 5) is 11.6. The molecule has 0 aromatic carbocycles. The van der Waals surface area contributed by atoms with E-state index in [4.69, 9.17) is 0 Å². The summed E-state index contributed by atoms with van der Waals surface area (Å²) in [6.45, 7) is 1.09. The Hall–Kier alpha value is -0.960. The number of sulfonamides is 1. The molecule has 0 radical (unpaired) electrons. The minimum Gasteiger partial charge on any atom is -0.465 e. The number of esters is 1. The predicted octanol–water partition coefficient (Wildman–Crippen LogP) is 0.423. The second-order valence-corrected chi connectivity index (χ2v) is 6.17. The van der Waals surface area contributed by atoms with Crippen LogP contribution >= 0.6 is 11.3 Å². The van der Waals surface area contributed by atoms with Crippen molar-refractivity contribution < 1.29 is 17.9 Å². The molecule has 0 aliphatic carbocycles. The van der Waals surface area contributed by atoms with Gasteiger partial charge in [-0.15, -0.1) is 11.3 Å². The molecular weight excluding hydrogens is 276 g/mol. The topological polar surface area (TPSA) is 84.5 Å². The zero-order valence-corrected chi connectivity index (χ0v) is 11.9. The van der Waals surface area contributed by atoms with Gasteiger partial charge in [-0.3, -0.25) is 0 Å². The van der Waals surface area contributed by atoms with Gasteiger partial charge in [0, 0.05) is 11.9 Å². The molecule has 0 aliphatic heterocycles. The number of hydrogen-bond donors (Lipinski definition) is 2. The van der Waals surface area contributed by atoms with Gasteiger partial charge in [0.05, 0.1) is 12.0 Å². The highest BCUT2D eigenvalue weighted by Gasteiger charge is 2.18. The van der Waals surface area contributed by atoms with E-state index < -0.39 is 16.0 Å². The van der Waals surface area contributed by atoms with Gasteiger partial charge in [0.1, 0.15) is 4.88 Å². The molecule has 1 aromatic heterocycles. The molecule has 0 spiro atoms. The van der Waals surface area contributed by atoms with Gasteiger partial charge in [0.25, 0.3) is 0 Å². The van der Waals surface area contributed by atoms with E-state index in [-0.39, 0.29) is 9.77 Å². The van der Waals surface area contributed by atoms with Gasteiger partial charge in [-0.1, -0.05) is 0 Å². The van der Waals surface area contributed by atoms with Crippen LogP contribution < -0.4 is 10.0 Å². The van der Waals surface area contributed by atoms with Crippen LogP contribution in [0.15, 0.2) is 16.3 Å². The lowest BCUT2D eigenvalue weighted by Crippen LogP contribution is -2.26. The number of carbonyl (C=O) groups excluding carboxylic acids is 1. The molecule has 102 valence electrons. The Kier molecular flexibility index (Phi) is 5.73. The van der Waals surface area contributed by atoms with Crippen LogP contribution in [0.1, 0.15) is 16.1 Å². The largest absolute Gasteiger partial charge is 0.465 e. The van der Waals surface area contributed by atoms with Crippen LogP contribution in [0.2, 0.25) is 0 Å². The van der Waals surface area contributed by atoms with E-state index in [9.17, 15) is 13.2 Å². The second kappa shape index (κ2) is 6.83. The highest BCUT2D eigenvalue weighted by Crippen LogP contribution is 2.19. The lowest BCUT2D eigenvalue weighted by Gasteiger charge is -2.04. The quantitative estimate of drug-likeness (QED) is 0.562. The summed E-state index contributed by atoms with van der Waals surface area (Å²) < 4.78 is 30.7. The Balaban J connectivity index is 2.67. The molecule has 0 aliphatic rings. The molecule has 0 unspecified atom stereocenters. The number of carbonyl (C=O) groups is 1. The first-order valence-corrected chi connectivity index (χ1v) is 7.68. The molecular formula is C10H16N2O4S2. The Morgan fingerprint density at radius 2 is 2.17 bits per heavy atom. The van der Waals surface area contributed by atoms with Gasteiger partial charge in [-0.05, 0) is 26.1 Å². The van der Waals surface area contributed by atoms with Gasteiger partial charge in [-0.2, -0.15) is 0 Å². The fourth-order valence-corrected chi connectivity index (χ4v) is 3.49. The van der Waals surface area contributed by atoms with Crippen LogP contribution in [0.25, 0.3) is 0 Å². The van der Waals surface area contributed by atoms with E-state index in [1.54, 1.807) is 7.05 Å². The van der Waals surface area contributed by atoms with Crippen LogP contribution in [-0.4, -0.2) is 41.6 Å². The smallest absolute Gasteiger partial charge is 0.348 e. The van der Waals surface area contributed by atoms with E-state index in [0.29, 0.717) is 13.0 Å². The maximum Gasteiger partial charge on any atom is 0.348 e. The number of ether oxygens (including phenoxy) is 1. The molecule has 0 saturated carbocycles.